The van der Waals surface area contributed by atoms with Gasteiger partial charge in [-0.3, -0.25) is 4.98 Å². The normalized spacial score (nSPS) is 22.5. The minimum absolute atomic E-state index is 0.0542. The molecule has 1 aliphatic carbocycles. The number of ether oxygens (including phenoxy) is 3. The van der Waals surface area contributed by atoms with Gasteiger partial charge >= 0.3 is 6.09 Å². The molecule has 2 aliphatic rings. The Bertz CT molecular complexity index is 881. The van der Waals surface area contributed by atoms with Crippen LogP contribution in [0.2, 0.25) is 0 Å². The first kappa shape index (κ1) is 21.6. The van der Waals surface area contributed by atoms with Gasteiger partial charge in [-0.15, -0.1) is 0 Å². The van der Waals surface area contributed by atoms with Gasteiger partial charge in [-0.1, -0.05) is 30.3 Å². The van der Waals surface area contributed by atoms with Crippen molar-refractivity contribution in [2.24, 2.45) is 5.92 Å². The topological polar surface area (TPSA) is 60.9 Å². The number of amides is 1. The van der Waals surface area contributed by atoms with Gasteiger partial charge in [-0.05, 0) is 62.6 Å². The van der Waals surface area contributed by atoms with Gasteiger partial charge in [-0.25, -0.2) is 4.79 Å². The first-order valence-electron chi connectivity index (χ1n) is 11.1. The van der Waals surface area contributed by atoms with Crippen LogP contribution in [-0.4, -0.2) is 47.4 Å². The lowest BCUT2D eigenvalue weighted by Gasteiger charge is -2.40. The second kappa shape index (κ2) is 9.27. The van der Waals surface area contributed by atoms with E-state index < -0.39 is 5.60 Å². The number of aromatic nitrogens is 1. The smallest absolute Gasteiger partial charge is 0.410 e. The maximum Gasteiger partial charge on any atom is 0.410 e. The molecule has 0 bridgehead atoms. The summed E-state index contributed by atoms with van der Waals surface area (Å²) in [5, 5.41) is 0. The maximum atomic E-state index is 12.3. The monoisotopic (exact) mass is 424 g/mol. The van der Waals surface area contributed by atoms with E-state index in [-0.39, 0.29) is 12.1 Å². The maximum absolute atomic E-state index is 12.3. The first-order chi connectivity index (χ1) is 14.9. The molecule has 2 aromatic rings. The molecule has 1 saturated carbocycles. The number of hydrogen-bond donors (Lipinski definition) is 0. The predicted molar refractivity (Wildman–Crippen MR) is 118 cm³/mol. The fourth-order valence-electron chi connectivity index (χ4n) is 3.83. The summed E-state index contributed by atoms with van der Waals surface area (Å²) in [6.07, 6.45) is 5.44. The van der Waals surface area contributed by atoms with Crippen LogP contribution in [0.25, 0.3) is 0 Å². The van der Waals surface area contributed by atoms with E-state index in [0.717, 1.165) is 25.2 Å². The lowest BCUT2D eigenvalue weighted by Crippen LogP contribution is -2.55. The number of carbonyl (C=O) groups is 1. The summed E-state index contributed by atoms with van der Waals surface area (Å²) in [5.41, 5.74) is 1.92. The van der Waals surface area contributed by atoms with Crippen molar-refractivity contribution in [3.8, 4) is 5.75 Å². The summed E-state index contributed by atoms with van der Waals surface area (Å²) in [6, 6.07) is 12.4. The second-order valence-electron chi connectivity index (χ2n) is 9.48. The van der Waals surface area contributed by atoms with Crippen LogP contribution >= 0.6 is 0 Å². The van der Waals surface area contributed by atoms with E-state index in [4.69, 9.17) is 14.2 Å². The molecule has 6 nitrogen and oxygen atoms in total. The number of nitrogens with zero attached hydrogens (tertiary/aromatic N) is 2. The predicted octanol–water partition coefficient (Wildman–Crippen LogP) is 4.79. The first-order valence-corrected chi connectivity index (χ1v) is 11.1. The molecular formula is C25H32N2O4. The number of benzene rings is 1. The molecule has 0 N–H and O–H groups in total. The third-order valence-electron chi connectivity index (χ3n) is 5.74. The molecule has 3 atom stereocenters. The van der Waals surface area contributed by atoms with Gasteiger partial charge in [0.05, 0.1) is 25.5 Å². The van der Waals surface area contributed by atoms with Gasteiger partial charge in [0.2, 0.25) is 0 Å². The SMILES string of the molecule is CC(C)(C)OC(=O)N1CC[C@H]1COc1cncc([C@H]2C[C@H]2COCc2ccccc2)c1. The van der Waals surface area contributed by atoms with Crippen LogP contribution in [-0.2, 0) is 16.1 Å². The summed E-state index contributed by atoms with van der Waals surface area (Å²) in [4.78, 5) is 18.4. The zero-order valence-electron chi connectivity index (χ0n) is 18.6. The molecule has 1 aromatic heterocycles. The van der Waals surface area contributed by atoms with Crippen LogP contribution in [0.15, 0.2) is 48.8 Å². The number of pyridine rings is 1. The molecule has 4 rings (SSSR count). The number of rotatable bonds is 8. The number of hydrogen-bond acceptors (Lipinski definition) is 5. The Morgan fingerprint density at radius 1 is 1.16 bits per heavy atom. The van der Waals surface area contributed by atoms with Crippen molar-refractivity contribution in [1.29, 1.82) is 0 Å². The van der Waals surface area contributed by atoms with Gasteiger partial charge in [0.25, 0.3) is 0 Å². The summed E-state index contributed by atoms with van der Waals surface area (Å²) < 4.78 is 17.3. The lowest BCUT2D eigenvalue weighted by atomic mass is 10.1. The molecule has 1 saturated heterocycles. The molecule has 6 heteroatoms. The highest BCUT2D eigenvalue weighted by Crippen LogP contribution is 2.48. The molecule has 2 heterocycles. The quantitative estimate of drug-likeness (QED) is 0.610. The molecule has 1 aliphatic heterocycles. The molecule has 0 radical (unpaired) electrons. The Morgan fingerprint density at radius 3 is 2.68 bits per heavy atom. The van der Waals surface area contributed by atoms with Crippen molar-refractivity contribution < 1.29 is 19.0 Å². The fraction of sp³-hybridized carbons (Fsp3) is 0.520. The second-order valence-corrected chi connectivity index (χ2v) is 9.48. The summed E-state index contributed by atoms with van der Waals surface area (Å²) >= 11 is 0. The Labute approximate surface area is 184 Å². The van der Waals surface area contributed by atoms with Crippen LogP contribution in [0.4, 0.5) is 4.79 Å². The van der Waals surface area contributed by atoms with Crippen molar-refractivity contribution >= 4 is 6.09 Å². The van der Waals surface area contributed by atoms with Gasteiger partial charge in [0.15, 0.2) is 0 Å². The van der Waals surface area contributed by atoms with E-state index in [1.165, 1.54) is 11.1 Å². The van der Waals surface area contributed by atoms with Crippen LogP contribution in [0, 0.1) is 5.92 Å². The minimum Gasteiger partial charge on any atom is -0.490 e. The fourth-order valence-corrected chi connectivity index (χ4v) is 3.83. The minimum atomic E-state index is -0.484. The molecule has 1 amide bonds. The van der Waals surface area contributed by atoms with Crippen molar-refractivity contribution in [3.05, 3.63) is 59.9 Å². The third-order valence-corrected chi connectivity index (χ3v) is 5.74. The lowest BCUT2D eigenvalue weighted by molar-refractivity contribution is -0.0141. The van der Waals surface area contributed by atoms with E-state index in [9.17, 15) is 4.79 Å². The van der Waals surface area contributed by atoms with E-state index in [0.29, 0.717) is 31.6 Å². The molecule has 166 valence electrons. The van der Waals surface area contributed by atoms with Crippen LogP contribution in [0.3, 0.4) is 0 Å². The van der Waals surface area contributed by atoms with E-state index >= 15 is 0 Å². The molecule has 0 spiro atoms. The zero-order valence-corrected chi connectivity index (χ0v) is 18.6. The molecular weight excluding hydrogens is 392 g/mol. The zero-order chi connectivity index (χ0) is 21.8. The Morgan fingerprint density at radius 2 is 1.97 bits per heavy atom. The van der Waals surface area contributed by atoms with Crippen molar-refractivity contribution in [1.82, 2.24) is 9.88 Å². The average Bonchev–Trinajstić information content (AvgIpc) is 3.46. The Hall–Kier alpha value is -2.60. The van der Waals surface area contributed by atoms with Crippen molar-refractivity contribution in [3.63, 3.8) is 0 Å². The Kier molecular flexibility index (Phi) is 6.46. The van der Waals surface area contributed by atoms with Crippen molar-refractivity contribution in [2.45, 2.75) is 57.8 Å². The molecule has 1 aromatic carbocycles. The van der Waals surface area contributed by atoms with Crippen LogP contribution in [0.5, 0.6) is 5.75 Å². The highest BCUT2D eigenvalue weighted by Gasteiger charge is 2.39. The molecule has 0 unspecified atom stereocenters. The largest absolute Gasteiger partial charge is 0.490 e. The van der Waals surface area contributed by atoms with E-state index in [1.807, 2.05) is 45.2 Å². The average molecular weight is 425 g/mol. The number of carbonyl (C=O) groups excluding carboxylic acids is 1. The standard InChI is InChI=1S/C25H32N2O4/c1-25(2,3)31-24(28)27-10-9-21(27)17-30-22-11-19(13-26-14-22)23-12-20(23)16-29-15-18-7-5-4-6-8-18/h4-8,11,13-14,20-21,23H,9-10,12,15-17H2,1-3H3/t20-,21-,23+/m0/s1. The summed E-state index contributed by atoms with van der Waals surface area (Å²) in [6.45, 7) is 8.23. The van der Waals surface area contributed by atoms with Crippen LogP contribution < -0.4 is 4.74 Å². The van der Waals surface area contributed by atoms with Gasteiger partial charge in [0, 0.05) is 12.7 Å². The summed E-state index contributed by atoms with van der Waals surface area (Å²) in [7, 11) is 0. The summed E-state index contributed by atoms with van der Waals surface area (Å²) in [5.74, 6) is 1.77. The van der Waals surface area contributed by atoms with Gasteiger partial charge < -0.3 is 19.1 Å². The van der Waals surface area contributed by atoms with E-state index in [1.54, 1.807) is 11.1 Å². The molecule has 31 heavy (non-hydrogen) atoms. The van der Waals surface area contributed by atoms with E-state index in [2.05, 4.69) is 23.2 Å². The number of likely N-dealkylation sites (tertiary alicyclic amines) is 1. The van der Waals surface area contributed by atoms with Gasteiger partial charge in [0.1, 0.15) is 18.0 Å². The third kappa shape index (κ3) is 5.97. The Balaban J connectivity index is 1.22. The van der Waals surface area contributed by atoms with Crippen molar-refractivity contribution in [2.75, 3.05) is 19.8 Å². The highest BCUT2D eigenvalue weighted by molar-refractivity contribution is 5.69. The van der Waals surface area contributed by atoms with Crippen LogP contribution in [0.1, 0.15) is 50.7 Å². The van der Waals surface area contributed by atoms with Gasteiger partial charge in [-0.2, -0.15) is 0 Å². The molecule has 2 fully saturated rings. The highest BCUT2D eigenvalue weighted by atomic mass is 16.6.